The van der Waals surface area contributed by atoms with Crippen LogP contribution in [0, 0.1) is 12.3 Å². The van der Waals surface area contributed by atoms with E-state index in [-0.39, 0.29) is 12.5 Å². The van der Waals surface area contributed by atoms with E-state index in [4.69, 9.17) is 21.4 Å². The molecule has 2 rings (SSSR count). The maximum Gasteiger partial charge on any atom is 0.225 e. The van der Waals surface area contributed by atoms with E-state index in [1.165, 1.54) is 83.4 Å². The third-order valence-electron chi connectivity index (χ3n) is 6.56. The molecule has 0 saturated carbocycles. The number of anilines is 1. The van der Waals surface area contributed by atoms with Gasteiger partial charge in [-0.25, -0.2) is 15.0 Å². The number of aromatic nitrogens is 4. The van der Waals surface area contributed by atoms with Crippen molar-refractivity contribution in [1.29, 1.82) is 0 Å². The molecule has 0 aliphatic carbocycles. The lowest BCUT2D eigenvalue weighted by Gasteiger charge is -2.18. The normalized spacial score (nSPS) is 14.0. The predicted molar refractivity (Wildman–Crippen MR) is 153 cm³/mol. The van der Waals surface area contributed by atoms with E-state index in [0.717, 1.165) is 19.3 Å². The molecule has 0 aliphatic heterocycles. The average molecular weight is 534 g/mol. The number of imidazole rings is 1. The number of hydrogen-bond donors (Lipinski definition) is 1. The molecular weight excluding hydrogens is 485 g/mol. The molecule has 0 amide bonds. The van der Waals surface area contributed by atoms with Crippen molar-refractivity contribution >= 4 is 24.4 Å². The van der Waals surface area contributed by atoms with Crippen LogP contribution in [0.1, 0.15) is 103 Å². The molecule has 0 radical (unpaired) electrons. The van der Waals surface area contributed by atoms with Gasteiger partial charge < -0.3 is 19.6 Å². The molecule has 0 bridgehead atoms. The molecular formula is C28H48N5O3P. The van der Waals surface area contributed by atoms with E-state index in [0.29, 0.717) is 30.1 Å². The fourth-order valence-electron chi connectivity index (χ4n) is 4.37. The number of nitrogen functional groups attached to an aromatic ring is 1. The van der Waals surface area contributed by atoms with Crippen LogP contribution in [0.4, 0.5) is 5.82 Å². The fourth-order valence-corrected chi connectivity index (χ4v) is 5.49. The predicted octanol–water partition coefficient (Wildman–Crippen LogP) is 7.18. The average Bonchev–Trinajstić information content (AvgIpc) is 3.28. The Hall–Kier alpha value is -1.94. The van der Waals surface area contributed by atoms with E-state index >= 15 is 0 Å². The summed E-state index contributed by atoms with van der Waals surface area (Å²) in [6.45, 7) is 4.64. The van der Waals surface area contributed by atoms with Gasteiger partial charge in [-0.2, -0.15) is 0 Å². The smallest absolute Gasteiger partial charge is 0.225 e. The molecule has 2 aromatic heterocycles. The Morgan fingerprint density at radius 3 is 2.11 bits per heavy atom. The molecule has 2 N–H and O–H groups in total. The summed E-state index contributed by atoms with van der Waals surface area (Å²) < 4.78 is 26.1. The molecule has 0 aliphatic rings. The summed E-state index contributed by atoms with van der Waals surface area (Å²) in [7, 11) is -2.78. The number of hydrogen-bond acceptors (Lipinski definition) is 7. The highest BCUT2D eigenvalue weighted by Gasteiger charge is 2.19. The Morgan fingerprint density at radius 2 is 1.51 bits per heavy atom. The van der Waals surface area contributed by atoms with Crippen LogP contribution in [0.3, 0.4) is 0 Å². The lowest BCUT2D eigenvalue weighted by atomic mass is 10.0. The number of fused-ring (bicyclic) bond motifs is 1. The zero-order valence-electron chi connectivity index (χ0n) is 23.1. The van der Waals surface area contributed by atoms with Crippen molar-refractivity contribution in [2.45, 2.75) is 116 Å². The van der Waals surface area contributed by atoms with Crippen molar-refractivity contribution in [2.24, 2.45) is 0 Å². The van der Waals surface area contributed by atoms with Crippen LogP contribution >= 0.6 is 7.37 Å². The minimum atomic E-state index is -2.78. The van der Waals surface area contributed by atoms with Gasteiger partial charge in [0.1, 0.15) is 18.2 Å². The van der Waals surface area contributed by atoms with Crippen molar-refractivity contribution in [3.63, 3.8) is 0 Å². The second kappa shape index (κ2) is 18.3. The first-order valence-corrected chi connectivity index (χ1v) is 16.4. The van der Waals surface area contributed by atoms with Crippen LogP contribution in [-0.4, -0.2) is 45.2 Å². The summed E-state index contributed by atoms with van der Waals surface area (Å²) in [5.41, 5.74) is 7.08. The molecule has 0 fully saturated rings. The standard InChI is InChI=1S/C28H48N5O3P/c1-4-5-6-7-8-9-10-11-12-13-14-15-16-17-18-19-20-36-37(3,34)24-35-25(2)21-33-23-32-26-27(29)30-22-31-28(26)33/h1,22-23,25H,5-21,24H2,2-3H3,(H2,29,30,31)/t25-,37?/m1/s1. The molecule has 0 spiro atoms. The van der Waals surface area contributed by atoms with Gasteiger partial charge in [0.05, 0.1) is 25.6 Å². The summed E-state index contributed by atoms with van der Waals surface area (Å²) in [6.07, 6.45) is 27.1. The molecule has 2 heterocycles. The second-order valence-corrected chi connectivity index (χ2v) is 12.7. The number of rotatable bonds is 22. The van der Waals surface area contributed by atoms with Gasteiger partial charge in [-0.15, -0.1) is 12.3 Å². The van der Waals surface area contributed by atoms with Crippen LogP contribution in [0.25, 0.3) is 11.2 Å². The van der Waals surface area contributed by atoms with Crippen molar-refractivity contribution < 1.29 is 13.8 Å². The van der Waals surface area contributed by atoms with Crippen molar-refractivity contribution in [1.82, 2.24) is 19.5 Å². The monoisotopic (exact) mass is 533 g/mol. The molecule has 2 atom stereocenters. The van der Waals surface area contributed by atoms with Crippen LogP contribution in [0.2, 0.25) is 0 Å². The van der Waals surface area contributed by atoms with Gasteiger partial charge in [0, 0.05) is 13.1 Å². The van der Waals surface area contributed by atoms with Gasteiger partial charge in [-0.05, 0) is 19.8 Å². The van der Waals surface area contributed by atoms with Crippen LogP contribution < -0.4 is 5.73 Å². The largest absolute Gasteiger partial charge is 0.382 e. The van der Waals surface area contributed by atoms with Crippen molar-refractivity contribution in [2.75, 3.05) is 25.4 Å². The molecule has 208 valence electrons. The zero-order chi connectivity index (χ0) is 26.8. The van der Waals surface area contributed by atoms with Crippen LogP contribution in [-0.2, 0) is 20.4 Å². The van der Waals surface area contributed by atoms with Gasteiger partial charge in [-0.3, -0.25) is 4.57 Å². The number of ether oxygens (including phenoxy) is 1. The van der Waals surface area contributed by atoms with Crippen molar-refractivity contribution in [3.8, 4) is 12.3 Å². The Bertz CT molecular complexity index is 974. The number of nitrogens with zero attached hydrogens (tertiary/aromatic N) is 4. The van der Waals surface area contributed by atoms with E-state index in [2.05, 4.69) is 20.9 Å². The lowest BCUT2D eigenvalue weighted by Crippen LogP contribution is -2.17. The Labute approximate surface area is 224 Å². The van der Waals surface area contributed by atoms with Gasteiger partial charge in [0.15, 0.2) is 11.5 Å². The SMILES string of the molecule is C#CCCCCCCCCCCCCCCCCOP(C)(=O)CO[C@H](C)Cn1cnc2c(N)ncnc21. The minimum Gasteiger partial charge on any atom is -0.382 e. The first kappa shape index (κ1) is 31.3. The molecule has 8 nitrogen and oxygen atoms in total. The Balaban J connectivity index is 1.42. The van der Waals surface area contributed by atoms with E-state index < -0.39 is 7.37 Å². The minimum absolute atomic E-state index is 0.101. The van der Waals surface area contributed by atoms with E-state index in [1.54, 1.807) is 13.0 Å². The molecule has 1 unspecified atom stereocenters. The molecule has 2 aromatic rings. The third kappa shape index (κ3) is 13.4. The fraction of sp³-hybridized carbons (Fsp3) is 0.750. The summed E-state index contributed by atoms with van der Waals surface area (Å²) in [6, 6.07) is 0. The molecule has 0 aromatic carbocycles. The summed E-state index contributed by atoms with van der Waals surface area (Å²) >= 11 is 0. The van der Waals surface area contributed by atoms with E-state index in [1.807, 2.05) is 11.5 Å². The molecule has 37 heavy (non-hydrogen) atoms. The molecule has 9 heteroatoms. The van der Waals surface area contributed by atoms with Gasteiger partial charge in [0.25, 0.3) is 0 Å². The highest BCUT2D eigenvalue weighted by Crippen LogP contribution is 2.42. The number of nitrogens with two attached hydrogens (primary N) is 1. The number of terminal acetylenes is 1. The second-order valence-electron chi connectivity index (χ2n) is 10.2. The van der Waals surface area contributed by atoms with Crippen LogP contribution in [0.5, 0.6) is 0 Å². The third-order valence-corrected chi connectivity index (χ3v) is 7.90. The summed E-state index contributed by atoms with van der Waals surface area (Å²) in [4.78, 5) is 12.5. The van der Waals surface area contributed by atoms with Crippen molar-refractivity contribution in [3.05, 3.63) is 12.7 Å². The van der Waals surface area contributed by atoms with Gasteiger partial charge in [-0.1, -0.05) is 77.0 Å². The highest BCUT2D eigenvalue weighted by molar-refractivity contribution is 7.57. The number of unbranched alkanes of at least 4 members (excludes halogenated alkanes) is 14. The topological polar surface area (TPSA) is 105 Å². The molecule has 0 saturated heterocycles. The Morgan fingerprint density at radius 1 is 0.946 bits per heavy atom. The first-order chi connectivity index (χ1) is 17.9. The first-order valence-electron chi connectivity index (χ1n) is 14.1. The van der Waals surface area contributed by atoms with Gasteiger partial charge >= 0.3 is 0 Å². The Kier molecular flexibility index (Phi) is 15.5. The maximum atomic E-state index is 12.7. The highest BCUT2D eigenvalue weighted by atomic mass is 31.2. The van der Waals surface area contributed by atoms with E-state index in [9.17, 15) is 4.57 Å². The maximum absolute atomic E-state index is 12.7. The zero-order valence-corrected chi connectivity index (χ0v) is 24.0. The lowest BCUT2D eigenvalue weighted by molar-refractivity contribution is 0.0799. The summed E-state index contributed by atoms with van der Waals surface area (Å²) in [5, 5.41) is 0. The summed E-state index contributed by atoms with van der Waals surface area (Å²) in [5.74, 6) is 3.07. The quantitative estimate of drug-likeness (QED) is 0.0970. The van der Waals surface area contributed by atoms with Crippen LogP contribution in [0.15, 0.2) is 12.7 Å². The van der Waals surface area contributed by atoms with Gasteiger partial charge in [0.2, 0.25) is 7.37 Å².